The smallest absolute Gasteiger partial charge is 0.252 e. The molecule has 6 nitrogen and oxygen atoms in total. The van der Waals surface area contributed by atoms with Gasteiger partial charge in [0.25, 0.3) is 5.91 Å². The molecule has 1 unspecified atom stereocenters. The summed E-state index contributed by atoms with van der Waals surface area (Å²) < 4.78 is 0. The zero-order valence-corrected chi connectivity index (χ0v) is 11.1. The molecule has 1 amide bonds. The maximum atomic E-state index is 11.5. The summed E-state index contributed by atoms with van der Waals surface area (Å²) in [5.74, 6) is -0.0306. The Morgan fingerprint density at radius 1 is 1.40 bits per heavy atom. The minimum atomic E-state index is -0.434. The summed E-state index contributed by atoms with van der Waals surface area (Å²) in [6.45, 7) is 1.78. The van der Waals surface area contributed by atoms with Crippen LogP contribution in [0.25, 0.3) is 0 Å². The van der Waals surface area contributed by atoms with Gasteiger partial charge in [-0.2, -0.15) is 5.10 Å². The predicted molar refractivity (Wildman–Crippen MR) is 75.5 cm³/mol. The number of anilines is 1. The van der Waals surface area contributed by atoms with E-state index in [0.29, 0.717) is 11.5 Å². The van der Waals surface area contributed by atoms with E-state index >= 15 is 0 Å². The lowest BCUT2D eigenvalue weighted by Crippen LogP contribution is -2.36. The van der Waals surface area contributed by atoms with Crippen molar-refractivity contribution >= 4 is 11.6 Å². The van der Waals surface area contributed by atoms with Gasteiger partial charge in [0.2, 0.25) is 0 Å². The number of nitrogens with two attached hydrogens (primary N) is 1. The molecule has 20 heavy (non-hydrogen) atoms. The van der Waals surface area contributed by atoms with Gasteiger partial charge in [-0.3, -0.25) is 14.9 Å². The Bertz CT molecular complexity index is 595. The molecule has 0 radical (unpaired) electrons. The van der Waals surface area contributed by atoms with E-state index in [1.165, 1.54) is 6.20 Å². The third-order valence-electron chi connectivity index (χ3n) is 3.79. The average molecular weight is 271 g/mol. The first-order valence-electron chi connectivity index (χ1n) is 6.73. The normalized spacial score (nSPS) is 19.0. The summed E-state index contributed by atoms with van der Waals surface area (Å²) in [6, 6.07) is 3.87. The number of carbonyl (C=O) groups excluding carboxylic acids is 1. The highest BCUT2D eigenvalue weighted by molar-refractivity contribution is 5.98. The van der Waals surface area contributed by atoms with E-state index in [4.69, 9.17) is 5.73 Å². The molecule has 6 heteroatoms. The van der Waals surface area contributed by atoms with Gasteiger partial charge in [0.15, 0.2) is 0 Å². The quantitative estimate of drug-likeness (QED) is 0.880. The Labute approximate surface area is 117 Å². The number of primary amides is 1. The molecule has 1 saturated heterocycles. The van der Waals surface area contributed by atoms with Gasteiger partial charge in [-0.1, -0.05) is 0 Å². The van der Waals surface area contributed by atoms with Crippen LogP contribution in [0.4, 0.5) is 5.69 Å². The Morgan fingerprint density at radius 2 is 2.30 bits per heavy atom. The van der Waals surface area contributed by atoms with Crippen LogP contribution in [0.5, 0.6) is 0 Å². The van der Waals surface area contributed by atoms with Crippen molar-refractivity contribution < 1.29 is 4.79 Å². The number of hydrogen-bond acceptors (Lipinski definition) is 4. The van der Waals surface area contributed by atoms with Gasteiger partial charge in [-0.25, -0.2) is 0 Å². The van der Waals surface area contributed by atoms with E-state index in [1.807, 2.05) is 12.1 Å². The molecule has 3 N–H and O–H groups in total. The molecule has 1 atom stereocenters. The second-order valence-electron chi connectivity index (χ2n) is 5.05. The van der Waals surface area contributed by atoms with Crippen LogP contribution in [0.2, 0.25) is 0 Å². The number of carbonyl (C=O) groups is 1. The first kappa shape index (κ1) is 12.7. The fourth-order valence-corrected chi connectivity index (χ4v) is 2.80. The molecule has 0 saturated carbocycles. The Hall–Kier alpha value is -2.37. The maximum Gasteiger partial charge on any atom is 0.252 e. The first-order chi connectivity index (χ1) is 9.75. The first-order valence-corrected chi connectivity index (χ1v) is 6.73. The second kappa shape index (κ2) is 5.32. The minimum absolute atomic E-state index is 0.403. The van der Waals surface area contributed by atoms with Gasteiger partial charge >= 0.3 is 0 Å². The van der Waals surface area contributed by atoms with Crippen molar-refractivity contribution in [2.24, 2.45) is 5.73 Å². The van der Waals surface area contributed by atoms with Crippen LogP contribution in [0, 0.1) is 0 Å². The molecule has 1 aliphatic heterocycles. The Kier molecular flexibility index (Phi) is 3.37. The van der Waals surface area contributed by atoms with Crippen LogP contribution in [-0.4, -0.2) is 34.2 Å². The van der Waals surface area contributed by atoms with Gasteiger partial charge in [0.1, 0.15) is 0 Å². The minimum Gasteiger partial charge on any atom is -0.370 e. The number of piperidine rings is 1. The van der Waals surface area contributed by atoms with E-state index in [2.05, 4.69) is 20.1 Å². The molecule has 0 aliphatic carbocycles. The number of aromatic nitrogens is 3. The number of nitrogens with one attached hydrogen (secondary N) is 1. The molecule has 104 valence electrons. The van der Waals surface area contributed by atoms with E-state index < -0.39 is 5.91 Å². The fraction of sp³-hybridized carbons (Fsp3) is 0.357. The highest BCUT2D eigenvalue weighted by atomic mass is 16.1. The predicted octanol–water partition coefficient (Wildman–Crippen LogP) is 1.29. The van der Waals surface area contributed by atoms with Crippen LogP contribution in [0.15, 0.2) is 30.7 Å². The zero-order valence-electron chi connectivity index (χ0n) is 11.1. The van der Waals surface area contributed by atoms with Crippen LogP contribution in [0.1, 0.15) is 34.8 Å². The molecule has 2 aromatic rings. The van der Waals surface area contributed by atoms with E-state index in [0.717, 1.165) is 37.3 Å². The number of H-pyrrole nitrogens is 1. The second-order valence-corrected chi connectivity index (χ2v) is 5.05. The van der Waals surface area contributed by atoms with Crippen LogP contribution in [0.3, 0.4) is 0 Å². The number of amides is 1. The molecular weight excluding hydrogens is 254 g/mol. The summed E-state index contributed by atoms with van der Waals surface area (Å²) >= 11 is 0. The van der Waals surface area contributed by atoms with Crippen LogP contribution < -0.4 is 10.6 Å². The van der Waals surface area contributed by atoms with Gasteiger partial charge in [-0.15, -0.1) is 0 Å². The highest BCUT2D eigenvalue weighted by Gasteiger charge is 2.24. The summed E-state index contributed by atoms with van der Waals surface area (Å²) in [7, 11) is 0. The van der Waals surface area contributed by atoms with Gasteiger partial charge in [0.05, 0.1) is 11.3 Å². The summed E-state index contributed by atoms with van der Waals surface area (Å²) in [4.78, 5) is 17.7. The lowest BCUT2D eigenvalue weighted by atomic mass is 9.94. The molecule has 2 aromatic heterocycles. The van der Waals surface area contributed by atoms with Crippen molar-refractivity contribution in [2.45, 2.75) is 18.8 Å². The van der Waals surface area contributed by atoms with E-state index in [9.17, 15) is 4.79 Å². The maximum absolute atomic E-state index is 11.5. The monoisotopic (exact) mass is 271 g/mol. The van der Waals surface area contributed by atoms with Crippen molar-refractivity contribution in [1.29, 1.82) is 0 Å². The average Bonchev–Trinajstić information content (AvgIpc) is 3.01. The molecule has 3 heterocycles. The largest absolute Gasteiger partial charge is 0.370 e. The molecule has 0 aromatic carbocycles. The zero-order chi connectivity index (χ0) is 13.9. The van der Waals surface area contributed by atoms with Crippen molar-refractivity contribution in [1.82, 2.24) is 15.2 Å². The van der Waals surface area contributed by atoms with Gasteiger partial charge in [-0.05, 0) is 25.0 Å². The molecule has 1 aliphatic rings. The summed E-state index contributed by atoms with van der Waals surface area (Å²) in [6.07, 6.45) is 7.20. The molecule has 0 bridgehead atoms. The van der Waals surface area contributed by atoms with Gasteiger partial charge < -0.3 is 10.6 Å². The Balaban J connectivity index is 1.86. The SMILES string of the molecule is NC(=O)c1cnccc1N1CCCC(c2ccn[nH]2)C1. The number of hydrogen-bond donors (Lipinski definition) is 2. The van der Waals surface area contributed by atoms with Crippen LogP contribution in [-0.2, 0) is 0 Å². The van der Waals surface area contributed by atoms with Crippen molar-refractivity contribution in [2.75, 3.05) is 18.0 Å². The molecule has 0 spiro atoms. The summed E-state index contributed by atoms with van der Waals surface area (Å²) in [5, 5.41) is 7.05. The van der Waals surface area contributed by atoms with Crippen LogP contribution >= 0.6 is 0 Å². The highest BCUT2D eigenvalue weighted by Crippen LogP contribution is 2.30. The standard InChI is InChI=1S/C14H17N5O/c15-14(20)11-8-16-5-4-13(11)19-7-1-2-10(9-19)12-3-6-17-18-12/h3-6,8,10H,1-2,7,9H2,(H2,15,20)(H,17,18). The number of nitrogens with zero attached hydrogens (tertiary/aromatic N) is 3. The lowest BCUT2D eigenvalue weighted by molar-refractivity contribution is 0.100. The van der Waals surface area contributed by atoms with E-state index in [-0.39, 0.29) is 0 Å². The molecule has 3 rings (SSSR count). The van der Waals surface area contributed by atoms with Crippen molar-refractivity contribution in [3.63, 3.8) is 0 Å². The topological polar surface area (TPSA) is 87.9 Å². The fourth-order valence-electron chi connectivity index (χ4n) is 2.80. The number of pyridine rings is 1. The molecular formula is C14H17N5O. The lowest BCUT2D eigenvalue weighted by Gasteiger charge is -2.34. The van der Waals surface area contributed by atoms with Gasteiger partial charge in [0, 0.05) is 43.3 Å². The third kappa shape index (κ3) is 2.36. The summed E-state index contributed by atoms with van der Waals surface area (Å²) in [5.41, 5.74) is 7.93. The molecule has 1 fully saturated rings. The van der Waals surface area contributed by atoms with Crippen molar-refractivity contribution in [3.05, 3.63) is 42.0 Å². The Morgan fingerprint density at radius 3 is 3.05 bits per heavy atom. The third-order valence-corrected chi connectivity index (χ3v) is 3.79. The number of aromatic amines is 1. The van der Waals surface area contributed by atoms with Crippen molar-refractivity contribution in [3.8, 4) is 0 Å². The number of rotatable bonds is 3. The van der Waals surface area contributed by atoms with E-state index in [1.54, 1.807) is 12.4 Å².